The van der Waals surface area contributed by atoms with Gasteiger partial charge in [-0.15, -0.1) is 0 Å². The monoisotopic (exact) mass is 372 g/mol. The predicted octanol–water partition coefficient (Wildman–Crippen LogP) is 4.27. The van der Waals surface area contributed by atoms with Gasteiger partial charge >= 0.3 is 6.61 Å². The van der Waals surface area contributed by atoms with E-state index in [0.29, 0.717) is 17.9 Å². The third-order valence-corrected chi connectivity index (χ3v) is 4.23. The molecule has 0 amide bonds. The average Bonchev–Trinajstić information content (AvgIpc) is 2.97. The number of aliphatic imine (C=N–C) groups is 1. The van der Waals surface area contributed by atoms with Gasteiger partial charge in [0.2, 0.25) is 0 Å². The lowest BCUT2D eigenvalue weighted by atomic mass is 10.2. The molecule has 0 saturated heterocycles. The lowest BCUT2D eigenvalue weighted by Gasteiger charge is -2.28. The molecule has 1 aliphatic heterocycles. The highest BCUT2D eigenvalue weighted by Crippen LogP contribution is 2.31. The van der Waals surface area contributed by atoms with Gasteiger partial charge in [0.1, 0.15) is 17.2 Å². The molecule has 8 heteroatoms. The number of pyridine rings is 1. The highest BCUT2D eigenvalue weighted by molar-refractivity contribution is 5.87. The Hall–Kier alpha value is -3.29. The van der Waals surface area contributed by atoms with Crippen molar-refractivity contribution in [3.8, 4) is 5.75 Å². The Labute approximate surface area is 153 Å². The summed E-state index contributed by atoms with van der Waals surface area (Å²) in [4.78, 5) is 10.7. The van der Waals surface area contributed by atoms with Crippen molar-refractivity contribution >= 4 is 23.2 Å². The smallest absolute Gasteiger partial charge is 0.387 e. The van der Waals surface area contributed by atoms with Crippen LogP contribution in [0.4, 0.5) is 18.9 Å². The molecule has 1 aliphatic rings. The fourth-order valence-electron chi connectivity index (χ4n) is 3.11. The van der Waals surface area contributed by atoms with E-state index in [2.05, 4.69) is 14.7 Å². The van der Waals surface area contributed by atoms with Crippen LogP contribution in [0.25, 0.3) is 11.3 Å². The van der Waals surface area contributed by atoms with E-state index in [0.717, 1.165) is 17.1 Å². The van der Waals surface area contributed by atoms with E-state index < -0.39 is 6.61 Å². The van der Waals surface area contributed by atoms with Gasteiger partial charge in [-0.3, -0.25) is 9.39 Å². The standard InChI is InChI=1S/C19H15F3N4O/c1-12-18(26-11-13(20)2-7-17(26)24-12)16-10-23-8-9-25(16)14-3-5-15(6-4-14)27-19(21)22/h2-8,10-11,19H,9H2,1H3. The average molecular weight is 372 g/mol. The van der Waals surface area contributed by atoms with E-state index in [1.54, 1.807) is 35.0 Å². The maximum absolute atomic E-state index is 13.8. The first-order chi connectivity index (χ1) is 13.0. The Morgan fingerprint density at radius 3 is 2.63 bits per heavy atom. The second-order valence-electron chi connectivity index (χ2n) is 5.95. The first-order valence-electron chi connectivity index (χ1n) is 8.22. The number of benzene rings is 1. The van der Waals surface area contributed by atoms with Crippen molar-refractivity contribution < 1.29 is 17.9 Å². The zero-order valence-electron chi connectivity index (χ0n) is 14.3. The van der Waals surface area contributed by atoms with Crippen LogP contribution in [0.2, 0.25) is 0 Å². The van der Waals surface area contributed by atoms with Crippen molar-refractivity contribution in [1.82, 2.24) is 9.38 Å². The minimum atomic E-state index is -2.87. The minimum absolute atomic E-state index is 0.0815. The molecule has 138 valence electrons. The molecule has 0 N–H and O–H groups in total. The molecule has 0 atom stereocenters. The largest absolute Gasteiger partial charge is 0.435 e. The number of alkyl halides is 2. The van der Waals surface area contributed by atoms with Gasteiger partial charge < -0.3 is 9.64 Å². The van der Waals surface area contributed by atoms with Crippen LogP contribution >= 0.6 is 0 Å². The van der Waals surface area contributed by atoms with Gasteiger partial charge in [-0.1, -0.05) is 0 Å². The SMILES string of the molecule is Cc1nc2ccc(F)cn2c1C1=CN=CCN1c1ccc(OC(F)F)cc1. The number of fused-ring (bicyclic) bond motifs is 1. The summed E-state index contributed by atoms with van der Waals surface area (Å²) in [5, 5.41) is 0. The lowest BCUT2D eigenvalue weighted by Crippen LogP contribution is -2.26. The first-order valence-corrected chi connectivity index (χ1v) is 8.22. The Bertz CT molecular complexity index is 1040. The number of halogens is 3. The van der Waals surface area contributed by atoms with Crippen molar-refractivity contribution in [3.63, 3.8) is 0 Å². The Kier molecular flexibility index (Phi) is 4.31. The zero-order valence-corrected chi connectivity index (χ0v) is 14.3. The molecule has 0 radical (unpaired) electrons. The maximum atomic E-state index is 13.8. The van der Waals surface area contributed by atoms with E-state index in [4.69, 9.17) is 0 Å². The van der Waals surface area contributed by atoms with Gasteiger partial charge in [-0.25, -0.2) is 9.37 Å². The molecule has 0 unspecified atom stereocenters. The summed E-state index contributed by atoms with van der Waals surface area (Å²) in [6.07, 6.45) is 4.78. The molecule has 0 fully saturated rings. The third-order valence-electron chi connectivity index (χ3n) is 4.23. The summed E-state index contributed by atoms with van der Waals surface area (Å²) in [6, 6.07) is 9.29. The Morgan fingerprint density at radius 2 is 1.89 bits per heavy atom. The van der Waals surface area contributed by atoms with Crippen LogP contribution in [0.15, 0.2) is 53.8 Å². The van der Waals surface area contributed by atoms with Crippen molar-refractivity contribution in [2.75, 3.05) is 11.4 Å². The first kappa shape index (κ1) is 17.1. The topological polar surface area (TPSA) is 42.1 Å². The van der Waals surface area contributed by atoms with Gasteiger partial charge in [0.15, 0.2) is 0 Å². The van der Waals surface area contributed by atoms with Crippen LogP contribution in [-0.4, -0.2) is 28.8 Å². The number of aryl methyl sites for hydroxylation is 1. The molecule has 0 bridgehead atoms. The van der Waals surface area contributed by atoms with E-state index in [9.17, 15) is 13.2 Å². The Balaban J connectivity index is 1.76. The van der Waals surface area contributed by atoms with Crippen LogP contribution in [0.1, 0.15) is 11.4 Å². The van der Waals surface area contributed by atoms with Crippen LogP contribution in [0.3, 0.4) is 0 Å². The van der Waals surface area contributed by atoms with Crippen molar-refractivity contribution in [2.24, 2.45) is 4.99 Å². The number of aromatic nitrogens is 2. The molecule has 5 nitrogen and oxygen atoms in total. The summed E-state index contributed by atoms with van der Waals surface area (Å²) < 4.78 is 44.6. The van der Waals surface area contributed by atoms with E-state index in [-0.39, 0.29) is 11.6 Å². The number of hydrogen-bond acceptors (Lipinski definition) is 4. The molecular formula is C19H15F3N4O. The number of ether oxygens (including phenoxy) is 1. The van der Waals surface area contributed by atoms with Crippen LogP contribution < -0.4 is 9.64 Å². The summed E-state index contributed by atoms with van der Waals surface area (Å²) in [5.74, 6) is -0.292. The number of nitrogens with zero attached hydrogens (tertiary/aromatic N) is 4. The van der Waals surface area contributed by atoms with Crippen molar-refractivity contribution in [1.29, 1.82) is 0 Å². The molecule has 27 heavy (non-hydrogen) atoms. The van der Waals surface area contributed by atoms with Crippen molar-refractivity contribution in [3.05, 3.63) is 66.0 Å². The minimum Gasteiger partial charge on any atom is -0.435 e. The van der Waals surface area contributed by atoms with Crippen molar-refractivity contribution in [2.45, 2.75) is 13.5 Å². The quantitative estimate of drug-likeness (QED) is 0.687. The molecule has 3 heterocycles. The third kappa shape index (κ3) is 3.25. The summed E-state index contributed by atoms with van der Waals surface area (Å²) in [7, 11) is 0. The molecule has 4 rings (SSSR count). The molecule has 0 spiro atoms. The number of rotatable bonds is 4. The van der Waals surface area contributed by atoms with E-state index in [1.165, 1.54) is 24.4 Å². The van der Waals surface area contributed by atoms with Gasteiger partial charge in [0, 0.05) is 18.1 Å². The van der Waals surface area contributed by atoms with Gasteiger partial charge in [0.25, 0.3) is 0 Å². The number of hydrogen-bond donors (Lipinski definition) is 0. The van der Waals surface area contributed by atoms with E-state index in [1.807, 2.05) is 11.8 Å². The predicted molar refractivity (Wildman–Crippen MR) is 96.8 cm³/mol. The Morgan fingerprint density at radius 1 is 1.11 bits per heavy atom. The fraction of sp³-hybridized carbons (Fsp3) is 0.158. The van der Waals surface area contributed by atoms with E-state index >= 15 is 0 Å². The second-order valence-corrected chi connectivity index (χ2v) is 5.95. The van der Waals surface area contributed by atoms with Crippen LogP contribution in [-0.2, 0) is 0 Å². The molecule has 0 aliphatic carbocycles. The maximum Gasteiger partial charge on any atom is 0.387 e. The molecular weight excluding hydrogens is 357 g/mol. The summed E-state index contributed by atoms with van der Waals surface area (Å²) in [6.45, 7) is -0.552. The van der Waals surface area contributed by atoms with Crippen LogP contribution in [0.5, 0.6) is 5.75 Å². The molecule has 3 aromatic rings. The highest BCUT2D eigenvalue weighted by atomic mass is 19.3. The molecule has 2 aromatic heterocycles. The number of anilines is 1. The summed E-state index contributed by atoms with van der Waals surface area (Å²) >= 11 is 0. The summed E-state index contributed by atoms with van der Waals surface area (Å²) in [5.41, 5.74) is 3.57. The fourth-order valence-corrected chi connectivity index (χ4v) is 3.11. The lowest BCUT2D eigenvalue weighted by molar-refractivity contribution is -0.0498. The zero-order chi connectivity index (χ0) is 19.0. The van der Waals surface area contributed by atoms with Gasteiger partial charge in [0.05, 0.1) is 29.8 Å². The molecule has 0 saturated carbocycles. The second kappa shape index (κ2) is 6.79. The normalized spacial score (nSPS) is 14.1. The number of imidazole rings is 1. The molecule has 1 aromatic carbocycles. The van der Waals surface area contributed by atoms with Gasteiger partial charge in [-0.2, -0.15) is 8.78 Å². The van der Waals surface area contributed by atoms with Crippen LogP contribution in [0, 0.1) is 12.7 Å². The highest BCUT2D eigenvalue weighted by Gasteiger charge is 2.22. The van der Waals surface area contributed by atoms with Gasteiger partial charge in [-0.05, 0) is 43.3 Å².